The maximum Gasteiger partial charge on any atom is 0.262 e. The average Bonchev–Trinajstić information content (AvgIpc) is 2.71. The maximum atomic E-state index is 12.1. The maximum absolute atomic E-state index is 12.1. The van der Waals surface area contributed by atoms with Crippen LogP contribution in [0.3, 0.4) is 0 Å². The fraction of sp³-hybridized carbons (Fsp3) is 0.208. The third-order valence-electron chi connectivity index (χ3n) is 4.34. The number of amides is 1. The SMILES string of the molecule is Cc1ccc(C)c(OCC(=O)Nc2ccc(OCCc3ccccc3)cc2)c1. The van der Waals surface area contributed by atoms with Crippen molar-refractivity contribution in [2.45, 2.75) is 20.3 Å². The summed E-state index contributed by atoms with van der Waals surface area (Å²) in [4.78, 5) is 12.1. The Morgan fingerprint density at radius 3 is 2.39 bits per heavy atom. The molecular formula is C24H25NO3. The minimum absolute atomic E-state index is 0.0282. The van der Waals surface area contributed by atoms with E-state index >= 15 is 0 Å². The number of hydrogen-bond acceptors (Lipinski definition) is 3. The molecule has 0 aliphatic rings. The monoisotopic (exact) mass is 375 g/mol. The Balaban J connectivity index is 1.44. The Bertz CT molecular complexity index is 905. The second-order valence-corrected chi connectivity index (χ2v) is 6.71. The minimum Gasteiger partial charge on any atom is -0.493 e. The van der Waals surface area contributed by atoms with Crippen LogP contribution in [0.15, 0.2) is 72.8 Å². The van der Waals surface area contributed by atoms with Gasteiger partial charge in [-0.3, -0.25) is 4.79 Å². The van der Waals surface area contributed by atoms with Gasteiger partial charge < -0.3 is 14.8 Å². The number of benzene rings is 3. The molecule has 3 aromatic carbocycles. The van der Waals surface area contributed by atoms with Crippen LogP contribution in [0.25, 0.3) is 0 Å². The second-order valence-electron chi connectivity index (χ2n) is 6.71. The number of aryl methyl sites for hydroxylation is 2. The number of carbonyl (C=O) groups excluding carboxylic acids is 1. The Morgan fingerprint density at radius 1 is 0.893 bits per heavy atom. The summed E-state index contributed by atoms with van der Waals surface area (Å²) in [6.07, 6.45) is 0.856. The summed E-state index contributed by atoms with van der Waals surface area (Å²) >= 11 is 0. The fourth-order valence-electron chi connectivity index (χ4n) is 2.77. The van der Waals surface area contributed by atoms with Crippen LogP contribution < -0.4 is 14.8 Å². The molecule has 0 heterocycles. The smallest absolute Gasteiger partial charge is 0.262 e. The zero-order chi connectivity index (χ0) is 19.8. The summed E-state index contributed by atoms with van der Waals surface area (Å²) in [6, 6.07) is 23.5. The van der Waals surface area contributed by atoms with E-state index in [1.807, 2.05) is 74.5 Å². The van der Waals surface area contributed by atoms with E-state index in [-0.39, 0.29) is 12.5 Å². The van der Waals surface area contributed by atoms with Crippen molar-refractivity contribution in [3.63, 3.8) is 0 Å². The van der Waals surface area contributed by atoms with Crippen LogP contribution in [-0.2, 0) is 11.2 Å². The lowest BCUT2D eigenvalue weighted by molar-refractivity contribution is -0.118. The number of nitrogens with one attached hydrogen (secondary N) is 1. The lowest BCUT2D eigenvalue weighted by Crippen LogP contribution is -2.20. The topological polar surface area (TPSA) is 47.6 Å². The van der Waals surface area contributed by atoms with E-state index in [1.165, 1.54) is 5.56 Å². The summed E-state index contributed by atoms with van der Waals surface area (Å²) in [5, 5.41) is 2.84. The van der Waals surface area contributed by atoms with E-state index in [0.29, 0.717) is 12.3 Å². The summed E-state index contributed by atoms with van der Waals surface area (Å²) in [5.74, 6) is 1.32. The van der Waals surface area contributed by atoms with Crippen LogP contribution in [0.2, 0.25) is 0 Å². The minimum atomic E-state index is -0.196. The zero-order valence-corrected chi connectivity index (χ0v) is 16.3. The van der Waals surface area contributed by atoms with Gasteiger partial charge in [-0.05, 0) is 60.9 Å². The van der Waals surface area contributed by atoms with Crippen LogP contribution in [0.5, 0.6) is 11.5 Å². The Kier molecular flexibility index (Phi) is 6.68. The lowest BCUT2D eigenvalue weighted by atomic mass is 10.1. The van der Waals surface area contributed by atoms with Crippen molar-refractivity contribution in [3.05, 3.63) is 89.5 Å². The second kappa shape index (κ2) is 9.60. The van der Waals surface area contributed by atoms with Crippen molar-refractivity contribution in [1.29, 1.82) is 0 Å². The van der Waals surface area contributed by atoms with Gasteiger partial charge in [0.1, 0.15) is 11.5 Å². The summed E-state index contributed by atoms with van der Waals surface area (Å²) < 4.78 is 11.4. The van der Waals surface area contributed by atoms with Crippen LogP contribution in [0.1, 0.15) is 16.7 Å². The van der Waals surface area contributed by atoms with Gasteiger partial charge in [-0.2, -0.15) is 0 Å². The van der Waals surface area contributed by atoms with E-state index in [0.717, 1.165) is 29.0 Å². The molecule has 0 saturated carbocycles. The molecular weight excluding hydrogens is 350 g/mol. The molecule has 0 saturated heterocycles. The molecule has 28 heavy (non-hydrogen) atoms. The molecule has 0 aliphatic carbocycles. The van der Waals surface area contributed by atoms with Crippen molar-refractivity contribution >= 4 is 11.6 Å². The van der Waals surface area contributed by atoms with E-state index in [4.69, 9.17) is 9.47 Å². The van der Waals surface area contributed by atoms with Gasteiger partial charge >= 0.3 is 0 Å². The van der Waals surface area contributed by atoms with Crippen molar-refractivity contribution in [1.82, 2.24) is 0 Å². The van der Waals surface area contributed by atoms with Gasteiger partial charge in [-0.25, -0.2) is 0 Å². The molecule has 144 valence electrons. The van der Waals surface area contributed by atoms with Gasteiger partial charge in [0.05, 0.1) is 6.61 Å². The Hall–Kier alpha value is -3.27. The van der Waals surface area contributed by atoms with Crippen LogP contribution in [0, 0.1) is 13.8 Å². The number of ether oxygens (including phenoxy) is 2. The van der Waals surface area contributed by atoms with Gasteiger partial charge in [-0.15, -0.1) is 0 Å². The zero-order valence-electron chi connectivity index (χ0n) is 16.3. The van der Waals surface area contributed by atoms with Crippen LogP contribution >= 0.6 is 0 Å². The van der Waals surface area contributed by atoms with Gasteiger partial charge in [-0.1, -0.05) is 42.5 Å². The van der Waals surface area contributed by atoms with E-state index in [1.54, 1.807) is 0 Å². The first-order valence-corrected chi connectivity index (χ1v) is 9.37. The largest absolute Gasteiger partial charge is 0.493 e. The summed E-state index contributed by atoms with van der Waals surface area (Å²) in [5.41, 5.74) is 4.07. The standard InChI is InChI=1S/C24H25NO3/c1-18-8-9-19(2)23(16-18)28-17-24(26)25-21-10-12-22(13-11-21)27-15-14-20-6-4-3-5-7-20/h3-13,16H,14-15,17H2,1-2H3,(H,25,26). The van der Waals surface area contributed by atoms with Gasteiger partial charge in [0.15, 0.2) is 6.61 Å². The predicted octanol–water partition coefficient (Wildman–Crippen LogP) is 4.94. The van der Waals surface area contributed by atoms with Crippen molar-refractivity contribution < 1.29 is 14.3 Å². The molecule has 0 spiro atoms. The third-order valence-corrected chi connectivity index (χ3v) is 4.34. The first-order valence-electron chi connectivity index (χ1n) is 9.37. The van der Waals surface area contributed by atoms with Gasteiger partial charge in [0.2, 0.25) is 0 Å². The normalized spacial score (nSPS) is 10.4. The number of carbonyl (C=O) groups is 1. The van der Waals surface area contributed by atoms with Crippen LogP contribution in [-0.4, -0.2) is 19.1 Å². The molecule has 0 aliphatic heterocycles. The van der Waals surface area contributed by atoms with E-state index in [2.05, 4.69) is 17.4 Å². The molecule has 4 heteroatoms. The molecule has 0 atom stereocenters. The van der Waals surface area contributed by atoms with Gasteiger partial charge in [0.25, 0.3) is 5.91 Å². The highest BCUT2D eigenvalue weighted by molar-refractivity contribution is 5.91. The van der Waals surface area contributed by atoms with Crippen molar-refractivity contribution in [2.75, 3.05) is 18.5 Å². The molecule has 0 radical (unpaired) electrons. The highest BCUT2D eigenvalue weighted by atomic mass is 16.5. The molecule has 3 aromatic rings. The quantitative estimate of drug-likeness (QED) is 0.606. The molecule has 4 nitrogen and oxygen atoms in total. The highest BCUT2D eigenvalue weighted by Crippen LogP contribution is 2.19. The van der Waals surface area contributed by atoms with Crippen LogP contribution in [0.4, 0.5) is 5.69 Å². The first kappa shape index (κ1) is 19.5. The van der Waals surface area contributed by atoms with E-state index in [9.17, 15) is 4.79 Å². The summed E-state index contributed by atoms with van der Waals surface area (Å²) in [7, 11) is 0. The lowest BCUT2D eigenvalue weighted by Gasteiger charge is -2.11. The first-order chi connectivity index (χ1) is 13.6. The van der Waals surface area contributed by atoms with Gasteiger partial charge in [0, 0.05) is 12.1 Å². The Labute approximate surface area is 166 Å². The molecule has 1 amide bonds. The molecule has 0 fully saturated rings. The molecule has 0 aromatic heterocycles. The molecule has 3 rings (SSSR count). The Morgan fingerprint density at radius 2 is 1.64 bits per heavy atom. The molecule has 1 N–H and O–H groups in total. The fourth-order valence-corrected chi connectivity index (χ4v) is 2.77. The average molecular weight is 375 g/mol. The molecule has 0 unspecified atom stereocenters. The predicted molar refractivity (Wildman–Crippen MR) is 112 cm³/mol. The number of anilines is 1. The number of rotatable bonds is 8. The highest BCUT2D eigenvalue weighted by Gasteiger charge is 2.06. The van der Waals surface area contributed by atoms with Crippen molar-refractivity contribution in [2.24, 2.45) is 0 Å². The van der Waals surface area contributed by atoms with E-state index < -0.39 is 0 Å². The third kappa shape index (κ3) is 5.88. The van der Waals surface area contributed by atoms with Crippen molar-refractivity contribution in [3.8, 4) is 11.5 Å². The molecule has 0 bridgehead atoms. The summed E-state index contributed by atoms with van der Waals surface area (Å²) in [6.45, 7) is 4.54. The number of hydrogen-bond donors (Lipinski definition) is 1.